The number of nitrogens with zero attached hydrogens (tertiary/aromatic N) is 2. The van der Waals surface area contributed by atoms with Gasteiger partial charge in [-0.3, -0.25) is 9.36 Å². The van der Waals surface area contributed by atoms with Gasteiger partial charge >= 0.3 is 5.69 Å². The van der Waals surface area contributed by atoms with E-state index in [9.17, 15) is 9.59 Å². The molecule has 17 heavy (non-hydrogen) atoms. The molecule has 0 aliphatic heterocycles. The van der Waals surface area contributed by atoms with Crippen LogP contribution in [0.1, 0.15) is 4.88 Å². The Kier molecular flexibility index (Phi) is 3.14. The summed E-state index contributed by atoms with van der Waals surface area (Å²) in [6.45, 7) is 0.358. The summed E-state index contributed by atoms with van der Waals surface area (Å²) < 4.78 is 2.50. The van der Waals surface area contributed by atoms with Gasteiger partial charge in [0.25, 0.3) is 5.56 Å². The van der Waals surface area contributed by atoms with Crippen LogP contribution in [0.3, 0.4) is 0 Å². The highest BCUT2D eigenvalue weighted by atomic mass is 32.1. The van der Waals surface area contributed by atoms with Crippen LogP contribution in [-0.2, 0) is 20.0 Å². The molecule has 0 radical (unpaired) electrons. The highest BCUT2D eigenvalue weighted by Gasteiger charge is 2.07. The molecule has 2 aromatic rings. The van der Waals surface area contributed by atoms with Crippen LogP contribution in [0.5, 0.6) is 0 Å². The maximum absolute atomic E-state index is 11.8. The zero-order chi connectivity index (χ0) is 12.4. The molecule has 0 saturated carbocycles. The Hall–Kier alpha value is -1.82. The number of rotatable bonds is 3. The lowest BCUT2D eigenvalue weighted by molar-refractivity contribution is 0.595. The van der Waals surface area contributed by atoms with Gasteiger partial charge in [0, 0.05) is 24.7 Å². The third kappa shape index (κ3) is 2.31. The second-order valence-electron chi connectivity index (χ2n) is 3.76. The van der Waals surface area contributed by atoms with E-state index in [4.69, 9.17) is 5.73 Å². The fourth-order valence-corrected chi connectivity index (χ4v) is 2.32. The highest BCUT2D eigenvalue weighted by molar-refractivity contribution is 7.09. The molecule has 6 heteroatoms. The van der Waals surface area contributed by atoms with Crippen LogP contribution in [0.4, 0.5) is 5.69 Å². The summed E-state index contributed by atoms with van der Waals surface area (Å²) >= 11 is 1.61. The van der Waals surface area contributed by atoms with Gasteiger partial charge in [0.2, 0.25) is 0 Å². The van der Waals surface area contributed by atoms with Gasteiger partial charge in [0.15, 0.2) is 0 Å². The first-order valence-corrected chi connectivity index (χ1v) is 6.06. The van der Waals surface area contributed by atoms with E-state index in [0.29, 0.717) is 13.0 Å². The van der Waals surface area contributed by atoms with Crippen molar-refractivity contribution in [1.82, 2.24) is 9.13 Å². The lowest BCUT2D eigenvalue weighted by atomic mass is 10.3. The standard InChI is InChI=1S/C11H13N3O2S/c1-13-7-9(12)10(15)14(11(13)16)5-4-8-3-2-6-17-8/h2-3,6-7H,4-5,12H2,1H3. The van der Waals surface area contributed by atoms with Gasteiger partial charge in [-0.1, -0.05) is 6.07 Å². The molecular weight excluding hydrogens is 238 g/mol. The maximum Gasteiger partial charge on any atom is 0.330 e. The number of anilines is 1. The van der Waals surface area contributed by atoms with Crippen LogP contribution in [0.25, 0.3) is 0 Å². The molecule has 0 amide bonds. The minimum absolute atomic E-state index is 0.0956. The van der Waals surface area contributed by atoms with Gasteiger partial charge < -0.3 is 10.3 Å². The summed E-state index contributed by atoms with van der Waals surface area (Å²) in [6.07, 6.45) is 2.02. The van der Waals surface area contributed by atoms with Crippen LogP contribution in [0, 0.1) is 0 Å². The summed E-state index contributed by atoms with van der Waals surface area (Å²) in [5.74, 6) is 0. The van der Waals surface area contributed by atoms with Crippen molar-refractivity contribution in [3.05, 3.63) is 49.4 Å². The van der Waals surface area contributed by atoms with Crippen molar-refractivity contribution in [1.29, 1.82) is 0 Å². The number of hydrogen-bond acceptors (Lipinski definition) is 4. The van der Waals surface area contributed by atoms with Gasteiger partial charge in [-0.15, -0.1) is 11.3 Å². The van der Waals surface area contributed by atoms with E-state index in [2.05, 4.69) is 0 Å². The van der Waals surface area contributed by atoms with Crippen molar-refractivity contribution >= 4 is 17.0 Å². The molecule has 0 unspecified atom stereocenters. The monoisotopic (exact) mass is 251 g/mol. The fraction of sp³-hybridized carbons (Fsp3) is 0.273. The number of aryl methyl sites for hydroxylation is 2. The average Bonchev–Trinajstić information content (AvgIpc) is 2.79. The molecule has 5 nitrogen and oxygen atoms in total. The summed E-state index contributed by atoms with van der Waals surface area (Å²) in [4.78, 5) is 24.6. The van der Waals surface area contributed by atoms with Gasteiger partial charge in [-0.25, -0.2) is 4.79 Å². The minimum Gasteiger partial charge on any atom is -0.393 e. The molecular formula is C11H13N3O2S. The molecule has 0 saturated heterocycles. The predicted molar refractivity (Wildman–Crippen MR) is 68.4 cm³/mol. The molecule has 90 valence electrons. The Bertz CT molecular complexity index is 591. The molecule has 2 aromatic heterocycles. The Labute approximate surface area is 102 Å². The van der Waals surface area contributed by atoms with Crippen LogP contribution in [-0.4, -0.2) is 9.13 Å². The van der Waals surface area contributed by atoms with Crippen molar-refractivity contribution < 1.29 is 0 Å². The van der Waals surface area contributed by atoms with E-state index in [1.807, 2.05) is 17.5 Å². The third-order valence-corrected chi connectivity index (χ3v) is 3.46. The van der Waals surface area contributed by atoms with Crippen molar-refractivity contribution in [2.24, 2.45) is 7.05 Å². The molecule has 0 aliphatic carbocycles. The van der Waals surface area contributed by atoms with Gasteiger partial charge in [-0.05, 0) is 17.9 Å². The van der Waals surface area contributed by atoms with E-state index in [1.54, 1.807) is 18.4 Å². The zero-order valence-electron chi connectivity index (χ0n) is 9.42. The van der Waals surface area contributed by atoms with E-state index in [1.165, 1.54) is 15.3 Å². The second-order valence-corrected chi connectivity index (χ2v) is 4.80. The molecule has 0 spiro atoms. The van der Waals surface area contributed by atoms with Gasteiger partial charge in [0.05, 0.1) is 0 Å². The quantitative estimate of drug-likeness (QED) is 0.860. The number of hydrogen-bond donors (Lipinski definition) is 1. The first kappa shape index (κ1) is 11.7. The Morgan fingerprint density at radius 2 is 2.18 bits per heavy atom. The summed E-state index contributed by atoms with van der Waals surface area (Å²) in [5, 5.41) is 1.97. The van der Waals surface area contributed by atoms with E-state index in [-0.39, 0.29) is 11.4 Å². The Morgan fingerprint density at radius 1 is 1.41 bits per heavy atom. The van der Waals surface area contributed by atoms with Gasteiger partial charge in [0.1, 0.15) is 5.69 Å². The van der Waals surface area contributed by atoms with Crippen LogP contribution in [0.2, 0.25) is 0 Å². The SMILES string of the molecule is Cn1cc(N)c(=O)n(CCc2cccs2)c1=O. The first-order chi connectivity index (χ1) is 8.09. The van der Waals surface area contributed by atoms with E-state index in [0.717, 1.165) is 4.88 Å². The van der Waals surface area contributed by atoms with Crippen molar-refractivity contribution in [2.45, 2.75) is 13.0 Å². The average molecular weight is 251 g/mol. The molecule has 0 bridgehead atoms. The third-order valence-electron chi connectivity index (χ3n) is 2.52. The summed E-state index contributed by atoms with van der Waals surface area (Å²) in [6, 6.07) is 3.92. The first-order valence-electron chi connectivity index (χ1n) is 5.18. The number of nitrogens with two attached hydrogens (primary N) is 1. The highest BCUT2D eigenvalue weighted by Crippen LogP contribution is 2.09. The van der Waals surface area contributed by atoms with Crippen LogP contribution in [0.15, 0.2) is 33.3 Å². The Balaban J connectivity index is 2.33. The molecule has 0 aliphatic rings. The minimum atomic E-state index is -0.412. The van der Waals surface area contributed by atoms with E-state index < -0.39 is 5.56 Å². The second kappa shape index (κ2) is 4.58. The number of nitrogen functional groups attached to an aromatic ring is 1. The van der Waals surface area contributed by atoms with Crippen molar-refractivity contribution in [3.8, 4) is 0 Å². The maximum atomic E-state index is 11.8. The Morgan fingerprint density at radius 3 is 2.82 bits per heavy atom. The summed E-state index contributed by atoms with van der Waals surface area (Å²) in [7, 11) is 1.58. The van der Waals surface area contributed by atoms with Crippen LogP contribution < -0.4 is 17.0 Å². The van der Waals surface area contributed by atoms with Crippen LogP contribution >= 0.6 is 11.3 Å². The van der Waals surface area contributed by atoms with E-state index >= 15 is 0 Å². The molecule has 2 heterocycles. The molecule has 0 fully saturated rings. The summed E-state index contributed by atoms with van der Waals surface area (Å²) in [5.41, 5.74) is 4.90. The number of aromatic nitrogens is 2. The topological polar surface area (TPSA) is 70.0 Å². The van der Waals surface area contributed by atoms with Crippen molar-refractivity contribution in [3.63, 3.8) is 0 Å². The fourth-order valence-electron chi connectivity index (χ4n) is 1.63. The normalized spacial score (nSPS) is 10.6. The molecule has 2 rings (SSSR count). The largest absolute Gasteiger partial charge is 0.393 e. The molecule has 2 N–H and O–H groups in total. The van der Waals surface area contributed by atoms with Gasteiger partial charge in [-0.2, -0.15) is 0 Å². The zero-order valence-corrected chi connectivity index (χ0v) is 10.2. The molecule has 0 aromatic carbocycles. The van der Waals surface area contributed by atoms with Crippen molar-refractivity contribution in [2.75, 3.05) is 5.73 Å². The molecule has 0 atom stereocenters. The number of thiophene rings is 1. The lowest BCUT2D eigenvalue weighted by Crippen LogP contribution is -2.40. The lowest BCUT2D eigenvalue weighted by Gasteiger charge is -2.07. The smallest absolute Gasteiger partial charge is 0.330 e. The predicted octanol–water partition coefficient (Wildman–Crippen LogP) is 0.433.